The number of ether oxygens (including phenoxy) is 1. The van der Waals surface area contributed by atoms with Gasteiger partial charge in [-0.25, -0.2) is 0 Å². The largest absolute Gasteiger partial charge is 0.379 e. The van der Waals surface area contributed by atoms with Crippen molar-refractivity contribution >= 4 is 0 Å². The predicted octanol–water partition coefficient (Wildman–Crippen LogP) is 2.58. The predicted molar refractivity (Wildman–Crippen MR) is 58.1 cm³/mol. The van der Waals surface area contributed by atoms with Crippen LogP contribution in [0.25, 0.3) is 0 Å². The third-order valence-corrected chi connectivity index (χ3v) is 2.13. The van der Waals surface area contributed by atoms with Crippen molar-refractivity contribution in [2.75, 3.05) is 13.2 Å². The molecule has 0 fully saturated rings. The maximum absolute atomic E-state index is 5.45. The van der Waals surface area contributed by atoms with Gasteiger partial charge in [-0.1, -0.05) is 6.92 Å². The van der Waals surface area contributed by atoms with Gasteiger partial charge in [0.15, 0.2) is 0 Å². The van der Waals surface area contributed by atoms with Crippen LogP contribution in [-0.4, -0.2) is 25.3 Å². The number of rotatable bonds is 8. The van der Waals surface area contributed by atoms with Crippen LogP contribution in [0, 0.1) is 0 Å². The molecule has 1 unspecified atom stereocenters. The minimum Gasteiger partial charge on any atom is -0.379 e. The van der Waals surface area contributed by atoms with Crippen molar-refractivity contribution in [1.29, 1.82) is 0 Å². The maximum atomic E-state index is 5.45. The van der Waals surface area contributed by atoms with Crippen molar-refractivity contribution in [3.63, 3.8) is 0 Å². The highest BCUT2D eigenvalue weighted by Gasteiger charge is 1.96. The molecule has 0 saturated heterocycles. The smallest absolute Gasteiger partial charge is 0.0518 e. The van der Waals surface area contributed by atoms with Crippen LogP contribution in [0.5, 0.6) is 0 Å². The molecule has 0 amide bonds. The van der Waals surface area contributed by atoms with Crippen LogP contribution < -0.4 is 5.32 Å². The molecule has 2 heteroatoms. The minimum atomic E-state index is 0.377. The highest BCUT2D eigenvalue weighted by Crippen LogP contribution is 1.94. The van der Waals surface area contributed by atoms with E-state index in [0.29, 0.717) is 12.1 Å². The van der Waals surface area contributed by atoms with Crippen LogP contribution in [0.3, 0.4) is 0 Å². The molecule has 0 heterocycles. The number of nitrogens with one attached hydrogen (secondary N) is 1. The van der Waals surface area contributed by atoms with Gasteiger partial charge in [0.05, 0.1) is 6.10 Å². The molecular formula is C11H25NO. The molecule has 0 aliphatic carbocycles. The van der Waals surface area contributed by atoms with Gasteiger partial charge >= 0.3 is 0 Å². The molecule has 0 bridgehead atoms. The van der Waals surface area contributed by atoms with Crippen molar-refractivity contribution in [1.82, 2.24) is 5.32 Å². The third-order valence-electron chi connectivity index (χ3n) is 2.13. The van der Waals surface area contributed by atoms with Crippen molar-refractivity contribution < 1.29 is 4.74 Å². The number of unbranched alkanes of at least 4 members (excludes halogenated alkanes) is 1. The minimum absolute atomic E-state index is 0.377. The Morgan fingerprint density at radius 1 is 1.15 bits per heavy atom. The van der Waals surface area contributed by atoms with Crippen molar-refractivity contribution in [3.05, 3.63) is 0 Å². The topological polar surface area (TPSA) is 21.3 Å². The van der Waals surface area contributed by atoms with Gasteiger partial charge in [-0.2, -0.15) is 0 Å². The van der Waals surface area contributed by atoms with E-state index >= 15 is 0 Å². The summed E-state index contributed by atoms with van der Waals surface area (Å²) in [5.41, 5.74) is 0. The van der Waals surface area contributed by atoms with Gasteiger partial charge in [-0.15, -0.1) is 0 Å². The Balaban J connectivity index is 2.99. The molecule has 0 saturated carbocycles. The summed E-state index contributed by atoms with van der Waals surface area (Å²) in [6, 6.07) is 0.658. The van der Waals surface area contributed by atoms with E-state index < -0.39 is 0 Å². The van der Waals surface area contributed by atoms with Crippen LogP contribution in [0.2, 0.25) is 0 Å². The Morgan fingerprint density at radius 2 is 1.85 bits per heavy atom. The van der Waals surface area contributed by atoms with Crippen LogP contribution in [-0.2, 0) is 4.74 Å². The molecule has 1 atom stereocenters. The molecule has 80 valence electrons. The first-order valence-corrected chi connectivity index (χ1v) is 5.51. The zero-order valence-electron chi connectivity index (χ0n) is 9.60. The molecule has 2 nitrogen and oxygen atoms in total. The Kier molecular flexibility index (Phi) is 8.46. The second-order valence-corrected chi connectivity index (χ2v) is 3.89. The van der Waals surface area contributed by atoms with E-state index in [4.69, 9.17) is 4.74 Å². The molecule has 0 aliphatic rings. The van der Waals surface area contributed by atoms with Crippen molar-refractivity contribution in [3.8, 4) is 0 Å². The molecule has 13 heavy (non-hydrogen) atoms. The van der Waals surface area contributed by atoms with Crippen molar-refractivity contribution in [2.24, 2.45) is 0 Å². The molecule has 0 spiro atoms. The fraction of sp³-hybridized carbons (Fsp3) is 1.00. The molecule has 0 aromatic rings. The van der Waals surface area contributed by atoms with Crippen LogP contribution in [0.4, 0.5) is 0 Å². The highest BCUT2D eigenvalue weighted by molar-refractivity contribution is 4.56. The first kappa shape index (κ1) is 12.9. The second kappa shape index (κ2) is 8.52. The zero-order valence-corrected chi connectivity index (χ0v) is 9.60. The SMILES string of the molecule is CCC(C)NCCCCOC(C)C. The summed E-state index contributed by atoms with van der Waals surface area (Å²) in [5, 5.41) is 3.46. The average Bonchev–Trinajstić information content (AvgIpc) is 2.10. The van der Waals surface area contributed by atoms with Gasteiger partial charge in [0.2, 0.25) is 0 Å². The van der Waals surface area contributed by atoms with E-state index in [1.807, 2.05) is 0 Å². The molecule has 0 rings (SSSR count). The zero-order chi connectivity index (χ0) is 10.1. The normalized spacial score (nSPS) is 13.6. The van der Waals surface area contributed by atoms with Gasteiger partial charge < -0.3 is 10.1 Å². The summed E-state index contributed by atoms with van der Waals surface area (Å²) < 4.78 is 5.45. The molecule has 1 N–H and O–H groups in total. The first-order valence-electron chi connectivity index (χ1n) is 5.51. The second-order valence-electron chi connectivity index (χ2n) is 3.89. The quantitative estimate of drug-likeness (QED) is 0.590. The average molecular weight is 187 g/mol. The summed E-state index contributed by atoms with van der Waals surface area (Å²) in [4.78, 5) is 0. The highest BCUT2D eigenvalue weighted by atomic mass is 16.5. The Bertz CT molecular complexity index is 104. The van der Waals surface area contributed by atoms with Gasteiger partial charge in [-0.05, 0) is 46.6 Å². The van der Waals surface area contributed by atoms with E-state index in [0.717, 1.165) is 13.2 Å². The lowest BCUT2D eigenvalue weighted by Crippen LogP contribution is -2.26. The van der Waals surface area contributed by atoms with E-state index in [-0.39, 0.29) is 0 Å². The van der Waals surface area contributed by atoms with Gasteiger partial charge in [0, 0.05) is 12.6 Å². The maximum Gasteiger partial charge on any atom is 0.0518 e. The van der Waals surface area contributed by atoms with E-state index in [1.54, 1.807) is 0 Å². The standard InChI is InChI=1S/C11H25NO/c1-5-11(4)12-8-6-7-9-13-10(2)3/h10-12H,5-9H2,1-4H3. The molecule has 0 aliphatic heterocycles. The molecule has 0 aromatic carbocycles. The lowest BCUT2D eigenvalue weighted by Gasteiger charge is -2.11. The summed E-state index contributed by atoms with van der Waals surface area (Å²) in [5.74, 6) is 0. The molecule has 0 radical (unpaired) electrons. The van der Waals surface area contributed by atoms with Gasteiger partial charge in [0.1, 0.15) is 0 Å². The monoisotopic (exact) mass is 187 g/mol. The van der Waals surface area contributed by atoms with Crippen LogP contribution in [0.1, 0.15) is 47.0 Å². The van der Waals surface area contributed by atoms with Crippen molar-refractivity contribution in [2.45, 2.75) is 59.1 Å². The Labute approximate surface area is 83.1 Å². The summed E-state index contributed by atoms with van der Waals surface area (Å²) >= 11 is 0. The number of hydrogen-bond donors (Lipinski definition) is 1. The lowest BCUT2D eigenvalue weighted by atomic mass is 10.2. The summed E-state index contributed by atoms with van der Waals surface area (Å²) in [6.45, 7) is 10.6. The third kappa shape index (κ3) is 9.84. The fourth-order valence-corrected chi connectivity index (χ4v) is 1.04. The first-order chi connectivity index (χ1) is 6.16. The number of hydrogen-bond acceptors (Lipinski definition) is 2. The molecular weight excluding hydrogens is 162 g/mol. The molecule has 0 aromatic heterocycles. The van der Waals surface area contributed by atoms with Crippen LogP contribution in [0.15, 0.2) is 0 Å². The summed E-state index contributed by atoms with van der Waals surface area (Å²) in [7, 11) is 0. The summed E-state index contributed by atoms with van der Waals surface area (Å²) in [6.07, 6.45) is 3.98. The van der Waals surface area contributed by atoms with Gasteiger partial charge in [0.25, 0.3) is 0 Å². The Morgan fingerprint density at radius 3 is 2.38 bits per heavy atom. The van der Waals surface area contributed by atoms with E-state index in [2.05, 4.69) is 33.0 Å². The van der Waals surface area contributed by atoms with Crippen LogP contribution >= 0.6 is 0 Å². The lowest BCUT2D eigenvalue weighted by molar-refractivity contribution is 0.0759. The van der Waals surface area contributed by atoms with Gasteiger partial charge in [-0.3, -0.25) is 0 Å². The Hall–Kier alpha value is -0.0800. The van der Waals surface area contributed by atoms with E-state index in [1.165, 1.54) is 19.3 Å². The fourth-order valence-electron chi connectivity index (χ4n) is 1.04. The van der Waals surface area contributed by atoms with E-state index in [9.17, 15) is 0 Å².